The smallest absolute Gasteiger partial charge is 0.309 e. The summed E-state index contributed by atoms with van der Waals surface area (Å²) in [6.45, 7) is 1.83. The van der Waals surface area contributed by atoms with Crippen molar-refractivity contribution < 1.29 is 32.6 Å². The van der Waals surface area contributed by atoms with Gasteiger partial charge >= 0.3 is 5.97 Å². The fourth-order valence-corrected chi connectivity index (χ4v) is 2.06. The highest BCUT2D eigenvalue weighted by Crippen LogP contribution is 2.18. The van der Waals surface area contributed by atoms with Crippen molar-refractivity contribution in [2.24, 2.45) is 0 Å². The van der Waals surface area contributed by atoms with E-state index < -0.39 is 35.8 Å². The summed E-state index contributed by atoms with van der Waals surface area (Å²) in [5.74, 6) is -2.10. The number of hydrogen-bond acceptors (Lipinski definition) is 5. The highest BCUT2D eigenvalue weighted by molar-refractivity contribution is 5.93. The van der Waals surface area contributed by atoms with E-state index in [-0.39, 0.29) is 13.0 Å². The molecule has 8 heteroatoms. The van der Waals surface area contributed by atoms with Gasteiger partial charge in [-0.25, -0.2) is 8.78 Å². The number of hydrogen-bond donors (Lipinski definition) is 1. The molecule has 0 heterocycles. The molecule has 27 heavy (non-hydrogen) atoms. The predicted molar refractivity (Wildman–Crippen MR) is 93.7 cm³/mol. The van der Waals surface area contributed by atoms with E-state index in [2.05, 4.69) is 0 Å². The summed E-state index contributed by atoms with van der Waals surface area (Å²) in [6.07, 6.45) is -0.0887. The first-order chi connectivity index (χ1) is 13.0. The number of nitrogens with one attached hydrogen (secondary N) is 1. The number of amides is 1. The first kappa shape index (κ1) is 20.2. The molecule has 2 aromatic rings. The van der Waals surface area contributed by atoms with E-state index in [0.717, 1.165) is 12.1 Å². The molecule has 0 spiro atoms. The standard InChI is InChI=1S/C19H19F2NO5/c1-2-25-13-6-8-14(9-7-13)26-11-10-18(24)27-12-17(23)22-19-15(20)4-3-5-16(19)21/h3-9H,2,10-12H2,1H3,(H,22,23). The van der Waals surface area contributed by atoms with Gasteiger partial charge < -0.3 is 19.5 Å². The molecule has 1 amide bonds. The van der Waals surface area contributed by atoms with Gasteiger partial charge in [0.2, 0.25) is 0 Å². The Hall–Kier alpha value is -3.16. The number of halogens is 2. The Morgan fingerprint density at radius 2 is 1.56 bits per heavy atom. The van der Waals surface area contributed by atoms with E-state index in [1.807, 2.05) is 12.2 Å². The number of esters is 1. The molecule has 0 unspecified atom stereocenters. The van der Waals surface area contributed by atoms with Crippen molar-refractivity contribution in [2.45, 2.75) is 13.3 Å². The van der Waals surface area contributed by atoms with Crippen molar-refractivity contribution in [3.8, 4) is 11.5 Å². The molecule has 1 N–H and O–H groups in total. The zero-order valence-corrected chi connectivity index (χ0v) is 14.7. The normalized spacial score (nSPS) is 10.2. The summed E-state index contributed by atoms with van der Waals surface area (Å²) in [7, 11) is 0. The third-order valence-corrected chi connectivity index (χ3v) is 3.30. The molecule has 0 aromatic heterocycles. The van der Waals surface area contributed by atoms with E-state index in [9.17, 15) is 18.4 Å². The lowest BCUT2D eigenvalue weighted by atomic mass is 10.3. The molecule has 2 aromatic carbocycles. The van der Waals surface area contributed by atoms with Gasteiger partial charge in [-0.05, 0) is 43.3 Å². The third kappa shape index (κ3) is 6.58. The average Bonchev–Trinajstić information content (AvgIpc) is 2.65. The molecule has 0 aliphatic carbocycles. The maximum absolute atomic E-state index is 13.4. The summed E-state index contributed by atoms with van der Waals surface area (Å²) in [4.78, 5) is 23.2. The van der Waals surface area contributed by atoms with Crippen LogP contribution in [-0.2, 0) is 14.3 Å². The highest BCUT2D eigenvalue weighted by Gasteiger charge is 2.13. The Kier molecular flexibility index (Phi) is 7.54. The van der Waals surface area contributed by atoms with Crippen LogP contribution < -0.4 is 14.8 Å². The molecule has 2 rings (SSSR count). The van der Waals surface area contributed by atoms with Crippen LogP contribution >= 0.6 is 0 Å². The van der Waals surface area contributed by atoms with Gasteiger partial charge in [0.25, 0.3) is 5.91 Å². The number of ether oxygens (including phenoxy) is 3. The van der Waals surface area contributed by atoms with Crippen molar-refractivity contribution in [1.29, 1.82) is 0 Å². The quantitative estimate of drug-likeness (QED) is 0.677. The largest absolute Gasteiger partial charge is 0.494 e. The molecule has 0 saturated carbocycles. The van der Waals surface area contributed by atoms with Gasteiger partial charge in [-0.3, -0.25) is 9.59 Å². The summed E-state index contributed by atoms with van der Waals surface area (Å²) in [6, 6.07) is 10.1. The molecule has 0 atom stereocenters. The van der Waals surface area contributed by atoms with E-state index in [1.165, 1.54) is 6.07 Å². The highest BCUT2D eigenvalue weighted by atomic mass is 19.1. The van der Waals surface area contributed by atoms with Crippen LogP contribution in [0.3, 0.4) is 0 Å². The van der Waals surface area contributed by atoms with Crippen LogP contribution in [0.5, 0.6) is 11.5 Å². The van der Waals surface area contributed by atoms with Gasteiger partial charge in [0.1, 0.15) is 28.8 Å². The number of carbonyl (C=O) groups excluding carboxylic acids is 2. The summed E-state index contributed by atoms with van der Waals surface area (Å²) in [5.41, 5.74) is -0.586. The predicted octanol–water partition coefficient (Wildman–Crippen LogP) is 3.31. The second-order valence-electron chi connectivity index (χ2n) is 5.31. The first-order valence-corrected chi connectivity index (χ1v) is 8.24. The van der Waals surface area contributed by atoms with E-state index in [4.69, 9.17) is 14.2 Å². The zero-order valence-electron chi connectivity index (χ0n) is 14.7. The molecule has 0 fully saturated rings. The van der Waals surface area contributed by atoms with Crippen molar-refractivity contribution >= 4 is 17.6 Å². The van der Waals surface area contributed by atoms with Crippen molar-refractivity contribution in [2.75, 3.05) is 25.1 Å². The molecular weight excluding hydrogens is 360 g/mol. The minimum absolute atomic E-state index is 0.0520. The maximum atomic E-state index is 13.4. The number of rotatable bonds is 9. The minimum atomic E-state index is -0.918. The second kappa shape index (κ2) is 10.1. The lowest BCUT2D eigenvalue weighted by Gasteiger charge is -2.09. The van der Waals surface area contributed by atoms with Gasteiger partial charge in [-0.15, -0.1) is 0 Å². The van der Waals surface area contributed by atoms with Gasteiger partial charge in [-0.2, -0.15) is 0 Å². The van der Waals surface area contributed by atoms with Crippen LogP contribution in [0.15, 0.2) is 42.5 Å². The van der Waals surface area contributed by atoms with Crippen LogP contribution in [0.25, 0.3) is 0 Å². The molecular formula is C19H19F2NO5. The molecule has 0 saturated heterocycles. The van der Waals surface area contributed by atoms with Gasteiger partial charge in [0.05, 0.1) is 19.6 Å². The molecule has 0 bridgehead atoms. The summed E-state index contributed by atoms with van der Waals surface area (Å²) in [5, 5.41) is 2.02. The third-order valence-electron chi connectivity index (χ3n) is 3.30. The fraction of sp³-hybridized carbons (Fsp3) is 0.263. The van der Waals surface area contributed by atoms with Crippen LogP contribution in [0.4, 0.5) is 14.5 Å². The average molecular weight is 379 g/mol. The SMILES string of the molecule is CCOc1ccc(OCCC(=O)OCC(=O)Nc2c(F)cccc2F)cc1. The van der Waals surface area contributed by atoms with Crippen molar-refractivity contribution in [1.82, 2.24) is 0 Å². The van der Waals surface area contributed by atoms with E-state index in [1.54, 1.807) is 24.3 Å². The van der Waals surface area contributed by atoms with E-state index in [0.29, 0.717) is 18.1 Å². The molecule has 0 radical (unpaired) electrons. The molecule has 0 aliphatic heterocycles. The van der Waals surface area contributed by atoms with Crippen LogP contribution in [0.1, 0.15) is 13.3 Å². The zero-order chi connectivity index (χ0) is 19.6. The summed E-state index contributed by atoms with van der Waals surface area (Å²) >= 11 is 0. The fourth-order valence-electron chi connectivity index (χ4n) is 2.06. The van der Waals surface area contributed by atoms with Crippen LogP contribution in [-0.4, -0.2) is 31.7 Å². The van der Waals surface area contributed by atoms with Gasteiger partial charge in [0.15, 0.2) is 6.61 Å². The Morgan fingerprint density at radius 1 is 0.963 bits per heavy atom. The topological polar surface area (TPSA) is 73.9 Å². The maximum Gasteiger partial charge on any atom is 0.309 e. The van der Waals surface area contributed by atoms with E-state index >= 15 is 0 Å². The van der Waals surface area contributed by atoms with Crippen LogP contribution in [0.2, 0.25) is 0 Å². The summed E-state index contributed by atoms with van der Waals surface area (Å²) < 4.78 is 42.3. The number of carbonyl (C=O) groups is 2. The number of anilines is 1. The number of para-hydroxylation sites is 1. The lowest BCUT2D eigenvalue weighted by molar-refractivity contribution is -0.147. The Bertz CT molecular complexity index is 760. The Balaban J connectivity index is 1.69. The molecule has 6 nitrogen and oxygen atoms in total. The number of benzene rings is 2. The first-order valence-electron chi connectivity index (χ1n) is 8.24. The van der Waals surface area contributed by atoms with Crippen molar-refractivity contribution in [3.63, 3.8) is 0 Å². The minimum Gasteiger partial charge on any atom is -0.494 e. The molecule has 144 valence electrons. The second-order valence-corrected chi connectivity index (χ2v) is 5.31. The van der Waals surface area contributed by atoms with Gasteiger partial charge in [-0.1, -0.05) is 6.07 Å². The van der Waals surface area contributed by atoms with Crippen molar-refractivity contribution in [3.05, 3.63) is 54.1 Å². The monoisotopic (exact) mass is 379 g/mol. The van der Waals surface area contributed by atoms with Gasteiger partial charge in [0, 0.05) is 0 Å². The van der Waals surface area contributed by atoms with Crippen LogP contribution in [0, 0.1) is 11.6 Å². The Labute approximate surface area is 155 Å². The lowest BCUT2D eigenvalue weighted by Crippen LogP contribution is -2.22. The Morgan fingerprint density at radius 3 is 2.15 bits per heavy atom. The molecule has 0 aliphatic rings.